The molecule has 4 rings (SSSR count). The summed E-state index contributed by atoms with van der Waals surface area (Å²) in [6.45, 7) is 5.92. The molecule has 132 valence electrons. The van der Waals surface area contributed by atoms with Gasteiger partial charge in [0.15, 0.2) is 5.76 Å². The SMILES string of the molecule is Cc1ccccc1-c1cc(-c2ccc3c(c2)nnn3CC(C)(C)O)on1. The van der Waals surface area contributed by atoms with E-state index < -0.39 is 5.60 Å². The molecular weight excluding hydrogens is 328 g/mol. The highest BCUT2D eigenvalue weighted by Crippen LogP contribution is 2.29. The zero-order valence-electron chi connectivity index (χ0n) is 15.0. The summed E-state index contributed by atoms with van der Waals surface area (Å²) in [6.07, 6.45) is 0. The molecule has 0 aliphatic rings. The monoisotopic (exact) mass is 348 g/mol. The van der Waals surface area contributed by atoms with Crippen LogP contribution < -0.4 is 0 Å². The number of hydrogen-bond donors (Lipinski definition) is 1. The Morgan fingerprint density at radius 3 is 2.69 bits per heavy atom. The van der Waals surface area contributed by atoms with Crippen molar-refractivity contribution in [2.75, 3.05) is 0 Å². The van der Waals surface area contributed by atoms with Crippen LogP contribution in [0, 0.1) is 6.92 Å². The number of fused-ring (bicyclic) bond motifs is 1. The number of hydrogen-bond acceptors (Lipinski definition) is 5. The minimum absolute atomic E-state index is 0.378. The highest BCUT2D eigenvalue weighted by molar-refractivity contribution is 5.81. The Morgan fingerprint density at radius 2 is 1.92 bits per heavy atom. The van der Waals surface area contributed by atoms with Crippen LogP contribution in [-0.2, 0) is 6.54 Å². The maximum atomic E-state index is 10.0. The summed E-state index contributed by atoms with van der Waals surface area (Å²) in [7, 11) is 0. The summed E-state index contributed by atoms with van der Waals surface area (Å²) in [5, 5.41) is 22.6. The van der Waals surface area contributed by atoms with Crippen LogP contribution in [-0.4, -0.2) is 30.9 Å². The summed E-state index contributed by atoms with van der Waals surface area (Å²) in [4.78, 5) is 0. The van der Waals surface area contributed by atoms with E-state index in [-0.39, 0.29) is 0 Å². The van der Waals surface area contributed by atoms with Gasteiger partial charge in [0, 0.05) is 17.2 Å². The van der Waals surface area contributed by atoms with E-state index in [2.05, 4.69) is 28.5 Å². The number of aryl methyl sites for hydroxylation is 1. The van der Waals surface area contributed by atoms with Crippen LogP contribution >= 0.6 is 0 Å². The number of rotatable bonds is 4. The second-order valence-corrected chi connectivity index (χ2v) is 7.15. The van der Waals surface area contributed by atoms with Crippen molar-refractivity contribution in [2.24, 2.45) is 0 Å². The number of nitrogens with zero attached hydrogens (tertiary/aromatic N) is 4. The van der Waals surface area contributed by atoms with Crippen molar-refractivity contribution >= 4 is 11.0 Å². The summed E-state index contributed by atoms with van der Waals surface area (Å²) < 4.78 is 7.26. The van der Waals surface area contributed by atoms with Gasteiger partial charge < -0.3 is 9.63 Å². The molecule has 2 heterocycles. The summed E-state index contributed by atoms with van der Waals surface area (Å²) in [6, 6.07) is 15.8. The van der Waals surface area contributed by atoms with Gasteiger partial charge in [-0.25, -0.2) is 4.68 Å². The van der Waals surface area contributed by atoms with Crippen molar-refractivity contribution < 1.29 is 9.63 Å². The van der Waals surface area contributed by atoms with Crippen LogP contribution in [0.15, 0.2) is 53.1 Å². The molecule has 0 saturated heterocycles. The maximum Gasteiger partial charge on any atom is 0.167 e. The zero-order chi connectivity index (χ0) is 18.3. The Labute approximate surface area is 151 Å². The Bertz CT molecular complexity index is 1070. The van der Waals surface area contributed by atoms with E-state index in [0.29, 0.717) is 12.3 Å². The molecule has 0 fully saturated rings. The molecule has 0 amide bonds. The van der Waals surface area contributed by atoms with Crippen LogP contribution in [0.1, 0.15) is 19.4 Å². The molecule has 4 aromatic rings. The molecule has 2 aromatic heterocycles. The Balaban J connectivity index is 1.69. The average molecular weight is 348 g/mol. The lowest BCUT2D eigenvalue weighted by molar-refractivity contribution is 0.0585. The Morgan fingerprint density at radius 1 is 1.12 bits per heavy atom. The van der Waals surface area contributed by atoms with E-state index in [1.807, 2.05) is 42.5 Å². The number of aliphatic hydroxyl groups is 1. The zero-order valence-corrected chi connectivity index (χ0v) is 15.0. The van der Waals surface area contributed by atoms with Gasteiger partial charge in [-0.15, -0.1) is 5.10 Å². The third kappa shape index (κ3) is 3.11. The lowest BCUT2D eigenvalue weighted by Gasteiger charge is -2.16. The fourth-order valence-electron chi connectivity index (χ4n) is 3.01. The first-order valence-corrected chi connectivity index (χ1v) is 8.49. The van der Waals surface area contributed by atoms with Gasteiger partial charge in [-0.2, -0.15) is 0 Å². The van der Waals surface area contributed by atoms with E-state index in [1.165, 1.54) is 0 Å². The van der Waals surface area contributed by atoms with Gasteiger partial charge in [0.1, 0.15) is 11.2 Å². The first-order chi connectivity index (χ1) is 12.4. The molecule has 0 radical (unpaired) electrons. The minimum Gasteiger partial charge on any atom is -0.389 e. The topological polar surface area (TPSA) is 77.0 Å². The van der Waals surface area contributed by atoms with Gasteiger partial charge in [-0.1, -0.05) is 34.6 Å². The van der Waals surface area contributed by atoms with Crippen molar-refractivity contribution in [1.29, 1.82) is 0 Å². The molecule has 0 aliphatic heterocycles. The highest BCUT2D eigenvalue weighted by Gasteiger charge is 2.17. The Hall–Kier alpha value is -2.99. The maximum absolute atomic E-state index is 10.0. The van der Waals surface area contributed by atoms with Crippen LogP contribution in [0.3, 0.4) is 0 Å². The van der Waals surface area contributed by atoms with Crippen LogP contribution in [0.2, 0.25) is 0 Å². The average Bonchev–Trinajstić information content (AvgIpc) is 3.21. The van der Waals surface area contributed by atoms with Crippen LogP contribution in [0.5, 0.6) is 0 Å². The third-order valence-corrected chi connectivity index (χ3v) is 4.27. The molecule has 0 aliphatic carbocycles. The number of aromatic nitrogens is 4. The lowest BCUT2D eigenvalue weighted by atomic mass is 10.0. The van der Waals surface area contributed by atoms with Crippen molar-refractivity contribution in [3.05, 3.63) is 54.1 Å². The second kappa shape index (κ2) is 6.07. The standard InChI is InChI=1S/C20H20N4O2/c1-13-6-4-5-7-15(13)16-11-19(26-22-16)14-8-9-18-17(10-14)21-23-24(18)12-20(2,3)25/h4-11,25H,12H2,1-3H3. The quantitative estimate of drug-likeness (QED) is 0.606. The van der Waals surface area contributed by atoms with Gasteiger partial charge >= 0.3 is 0 Å². The molecule has 0 bridgehead atoms. The molecule has 1 N–H and O–H groups in total. The third-order valence-electron chi connectivity index (χ3n) is 4.27. The van der Waals surface area contributed by atoms with E-state index in [4.69, 9.17) is 4.52 Å². The predicted molar refractivity (Wildman–Crippen MR) is 99.5 cm³/mol. The van der Waals surface area contributed by atoms with E-state index in [9.17, 15) is 5.11 Å². The number of benzene rings is 2. The van der Waals surface area contributed by atoms with Gasteiger partial charge in [-0.05, 0) is 44.5 Å². The normalized spacial score (nSPS) is 12.0. The molecule has 0 unspecified atom stereocenters. The van der Waals surface area contributed by atoms with E-state index in [1.54, 1.807) is 18.5 Å². The molecule has 0 spiro atoms. The second-order valence-electron chi connectivity index (χ2n) is 7.15. The van der Waals surface area contributed by atoms with Gasteiger partial charge in [0.25, 0.3) is 0 Å². The van der Waals surface area contributed by atoms with Gasteiger partial charge in [0.2, 0.25) is 0 Å². The smallest absolute Gasteiger partial charge is 0.167 e. The molecule has 26 heavy (non-hydrogen) atoms. The van der Waals surface area contributed by atoms with Crippen molar-refractivity contribution in [3.8, 4) is 22.6 Å². The van der Waals surface area contributed by atoms with Crippen molar-refractivity contribution in [2.45, 2.75) is 32.9 Å². The van der Waals surface area contributed by atoms with Gasteiger partial charge in [0.05, 0.1) is 17.7 Å². The summed E-state index contributed by atoms with van der Waals surface area (Å²) in [5.41, 5.74) is 4.67. The van der Waals surface area contributed by atoms with E-state index >= 15 is 0 Å². The molecular formula is C20H20N4O2. The fourth-order valence-corrected chi connectivity index (χ4v) is 3.01. The van der Waals surface area contributed by atoms with Gasteiger partial charge in [-0.3, -0.25) is 0 Å². The Kier molecular flexibility index (Phi) is 3.85. The lowest BCUT2D eigenvalue weighted by Crippen LogP contribution is -2.26. The molecule has 6 nitrogen and oxygen atoms in total. The molecule has 0 atom stereocenters. The van der Waals surface area contributed by atoms with E-state index in [0.717, 1.165) is 33.4 Å². The fraction of sp³-hybridized carbons (Fsp3) is 0.250. The summed E-state index contributed by atoms with van der Waals surface area (Å²) in [5.74, 6) is 0.683. The van der Waals surface area contributed by atoms with Crippen molar-refractivity contribution in [1.82, 2.24) is 20.2 Å². The molecule has 6 heteroatoms. The minimum atomic E-state index is -0.854. The summed E-state index contributed by atoms with van der Waals surface area (Å²) >= 11 is 0. The highest BCUT2D eigenvalue weighted by atomic mass is 16.5. The molecule has 0 saturated carbocycles. The predicted octanol–water partition coefficient (Wildman–Crippen LogP) is 3.83. The van der Waals surface area contributed by atoms with Crippen LogP contribution in [0.25, 0.3) is 33.6 Å². The van der Waals surface area contributed by atoms with Crippen molar-refractivity contribution in [3.63, 3.8) is 0 Å². The largest absolute Gasteiger partial charge is 0.389 e. The van der Waals surface area contributed by atoms with Crippen LogP contribution in [0.4, 0.5) is 0 Å². The first-order valence-electron chi connectivity index (χ1n) is 8.49. The first kappa shape index (κ1) is 16.5. The molecule has 2 aromatic carbocycles.